The summed E-state index contributed by atoms with van der Waals surface area (Å²) < 4.78 is 0. The average molecular weight is 235 g/mol. The van der Waals surface area contributed by atoms with Crippen LogP contribution < -0.4 is 10.6 Å². The molecule has 0 radical (unpaired) electrons. The number of nitrogens with two attached hydrogens (primary N) is 1. The van der Waals surface area contributed by atoms with Gasteiger partial charge in [0.15, 0.2) is 5.69 Å². The molecule has 1 fully saturated rings. The van der Waals surface area contributed by atoms with Crippen LogP contribution >= 0.6 is 0 Å². The molecule has 2 rings (SSSR count). The van der Waals surface area contributed by atoms with E-state index in [2.05, 4.69) is 15.2 Å². The van der Waals surface area contributed by atoms with E-state index in [-0.39, 0.29) is 11.6 Å². The lowest BCUT2D eigenvalue weighted by atomic mass is 9.99. The summed E-state index contributed by atoms with van der Waals surface area (Å²) in [5.74, 6) is -0.0420. The summed E-state index contributed by atoms with van der Waals surface area (Å²) in [7, 11) is 0. The maximum absolute atomic E-state index is 10.8. The highest BCUT2D eigenvalue weighted by atomic mass is 16.1. The molecule has 17 heavy (non-hydrogen) atoms. The number of hydrogen-bond donors (Lipinski definition) is 1. The second kappa shape index (κ2) is 4.86. The van der Waals surface area contributed by atoms with Crippen molar-refractivity contribution < 1.29 is 9.59 Å². The number of primary amides is 1. The molecule has 1 aromatic heterocycles. The molecule has 7 heteroatoms. The molecule has 0 saturated carbocycles. The van der Waals surface area contributed by atoms with Gasteiger partial charge in [-0.25, -0.2) is 4.98 Å². The second-order valence-corrected chi connectivity index (χ2v) is 3.97. The van der Waals surface area contributed by atoms with Crippen molar-refractivity contribution in [3.63, 3.8) is 0 Å². The van der Waals surface area contributed by atoms with Gasteiger partial charge in [0.25, 0.3) is 5.91 Å². The molecule has 7 nitrogen and oxygen atoms in total. The first-order valence-electron chi connectivity index (χ1n) is 5.40. The third-order valence-electron chi connectivity index (χ3n) is 2.82. The van der Waals surface area contributed by atoms with Crippen LogP contribution in [0, 0.1) is 5.92 Å². The van der Waals surface area contributed by atoms with Crippen LogP contribution in [0.5, 0.6) is 0 Å². The van der Waals surface area contributed by atoms with E-state index in [4.69, 9.17) is 5.73 Å². The van der Waals surface area contributed by atoms with Crippen molar-refractivity contribution in [3.8, 4) is 0 Å². The minimum absolute atomic E-state index is 0.0523. The van der Waals surface area contributed by atoms with Crippen LogP contribution in [-0.4, -0.2) is 40.5 Å². The first-order valence-corrected chi connectivity index (χ1v) is 5.40. The molecule has 90 valence electrons. The van der Waals surface area contributed by atoms with E-state index < -0.39 is 5.91 Å². The first-order chi connectivity index (χ1) is 8.20. The number of aromatic nitrogens is 3. The predicted octanol–water partition coefficient (Wildman–Crippen LogP) is -0.614. The van der Waals surface area contributed by atoms with E-state index in [1.165, 1.54) is 6.20 Å². The fourth-order valence-electron chi connectivity index (χ4n) is 1.76. The summed E-state index contributed by atoms with van der Waals surface area (Å²) in [5, 5.41) is 7.54. The Labute approximate surface area is 98.0 Å². The zero-order valence-corrected chi connectivity index (χ0v) is 9.24. The van der Waals surface area contributed by atoms with Crippen LogP contribution in [-0.2, 0) is 4.79 Å². The molecule has 1 aliphatic heterocycles. The third-order valence-corrected chi connectivity index (χ3v) is 2.82. The molecule has 2 N–H and O–H groups in total. The first kappa shape index (κ1) is 11.4. The van der Waals surface area contributed by atoms with Crippen molar-refractivity contribution in [2.24, 2.45) is 11.7 Å². The molecule has 0 aromatic carbocycles. The van der Waals surface area contributed by atoms with E-state index in [0.717, 1.165) is 32.2 Å². The van der Waals surface area contributed by atoms with E-state index in [1.54, 1.807) is 0 Å². The Morgan fingerprint density at radius 3 is 2.59 bits per heavy atom. The highest BCUT2D eigenvalue weighted by Crippen LogP contribution is 2.18. The van der Waals surface area contributed by atoms with Crippen LogP contribution in [0.15, 0.2) is 6.20 Å². The Kier molecular flexibility index (Phi) is 3.27. The summed E-state index contributed by atoms with van der Waals surface area (Å²) in [4.78, 5) is 27.4. The number of piperidine rings is 1. The zero-order valence-electron chi connectivity index (χ0n) is 9.24. The Morgan fingerprint density at radius 2 is 2.12 bits per heavy atom. The molecule has 0 bridgehead atoms. The van der Waals surface area contributed by atoms with Gasteiger partial charge in [-0.05, 0) is 12.8 Å². The van der Waals surface area contributed by atoms with Gasteiger partial charge in [0, 0.05) is 19.0 Å². The van der Waals surface area contributed by atoms with Crippen molar-refractivity contribution in [1.29, 1.82) is 0 Å². The van der Waals surface area contributed by atoms with Gasteiger partial charge in [0.1, 0.15) is 6.29 Å². The average Bonchev–Trinajstić information content (AvgIpc) is 2.39. The van der Waals surface area contributed by atoms with E-state index in [1.807, 2.05) is 4.90 Å². The van der Waals surface area contributed by atoms with Crippen molar-refractivity contribution in [2.45, 2.75) is 12.8 Å². The van der Waals surface area contributed by atoms with E-state index in [9.17, 15) is 9.59 Å². The molecular weight excluding hydrogens is 222 g/mol. The number of amides is 1. The SMILES string of the molecule is NC(=O)c1cnc(N2CCC(C=O)CC2)nn1. The summed E-state index contributed by atoms with van der Waals surface area (Å²) >= 11 is 0. The van der Waals surface area contributed by atoms with Gasteiger partial charge in [-0.1, -0.05) is 0 Å². The summed E-state index contributed by atoms with van der Waals surface area (Å²) in [6, 6.07) is 0. The zero-order chi connectivity index (χ0) is 12.3. The Hall–Kier alpha value is -2.05. The van der Waals surface area contributed by atoms with Crippen molar-refractivity contribution in [3.05, 3.63) is 11.9 Å². The summed E-state index contributed by atoms with van der Waals surface area (Å²) in [6.07, 6.45) is 3.90. The maximum atomic E-state index is 10.8. The fourth-order valence-corrected chi connectivity index (χ4v) is 1.76. The van der Waals surface area contributed by atoms with Crippen LogP contribution in [0.25, 0.3) is 0 Å². The molecule has 2 heterocycles. The van der Waals surface area contributed by atoms with Crippen molar-refractivity contribution >= 4 is 18.1 Å². The maximum Gasteiger partial charge on any atom is 0.270 e. The highest BCUT2D eigenvalue weighted by Gasteiger charge is 2.20. The molecule has 1 amide bonds. The van der Waals surface area contributed by atoms with Crippen LogP contribution in [0.1, 0.15) is 23.3 Å². The quantitative estimate of drug-likeness (QED) is 0.701. The van der Waals surface area contributed by atoms with Crippen LogP contribution in [0.4, 0.5) is 5.95 Å². The molecule has 1 saturated heterocycles. The Balaban J connectivity index is 2.03. The minimum Gasteiger partial charge on any atom is -0.364 e. The van der Waals surface area contributed by atoms with E-state index in [0.29, 0.717) is 5.95 Å². The molecule has 0 unspecified atom stereocenters. The number of rotatable bonds is 3. The van der Waals surface area contributed by atoms with Crippen LogP contribution in [0.3, 0.4) is 0 Å². The number of aldehydes is 1. The van der Waals surface area contributed by atoms with E-state index >= 15 is 0 Å². The number of hydrogen-bond acceptors (Lipinski definition) is 6. The smallest absolute Gasteiger partial charge is 0.270 e. The summed E-state index contributed by atoms with van der Waals surface area (Å²) in [5.41, 5.74) is 5.10. The van der Waals surface area contributed by atoms with Gasteiger partial charge < -0.3 is 15.4 Å². The van der Waals surface area contributed by atoms with Crippen molar-refractivity contribution in [1.82, 2.24) is 15.2 Å². The van der Waals surface area contributed by atoms with Gasteiger partial charge in [-0.15, -0.1) is 10.2 Å². The fraction of sp³-hybridized carbons (Fsp3) is 0.500. The molecular formula is C10H13N5O2. The topological polar surface area (TPSA) is 102 Å². The number of carbonyl (C=O) groups excluding carboxylic acids is 2. The number of nitrogens with zero attached hydrogens (tertiary/aromatic N) is 4. The largest absolute Gasteiger partial charge is 0.364 e. The molecule has 0 atom stereocenters. The standard InChI is InChI=1S/C10H13N5O2/c11-9(17)8-5-12-10(14-13-8)15-3-1-7(6-16)2-4-15/h5-7H,1-4H2,(H2,11,17). The minimum atomic E-state index is -0.642. The summed E-state index contributed by atoms with van der Waals surface area (Å²) in [6.45, 7) is 1.45. The van der Waals surface area contributed by atoms with Crippen LogP contribution in [0.2, 0.25) is 0 Å². The molecule has 1 aliphatic rings. The Morgan fingerprint density at radius 1 is 1.41 bits per heavy atom. The van der Waals surface area contributed by atoms with Crippen molar-refractivity contribution in [2.75, 3.05) is 18.0 Å². The molecule has 1 aromatic rings. The third kappa shape index (κ3) is 2.55. The lowest BCUT2D eigenvalue weighted by molar-refractivity contribution is -0.111. The molecule has 0 aliphatic carbocycles. The Bertz CT molecular complexity index is 411. The number of carbonyl (C=O) groups is 2. The monoisotopic (exact) mass is 235 g/mol. The predicted molar refractivity (Wildman–Crippen MR) is 59.3 cm³/mol. The van der Waals surface area contributed by atoms with Gasteiger partial charge in [0.2, 0.25) is 5.95 Å². The van der Waals surface area contributed by atoms with Gasteiger partial charge in [-0.2, -0.15) is 0 Å². The highest BCUT2D eigenvalue weighted by molar-refractivity contribution is 5.90. The molecule has 0 spiro atoms. The normalized spacial score (nSPS) is 16.8. The number of anilines is 1. The second-order valence-electron chi connectivity index (χ2n) is 3.97. The van der Waals surface area contributed by atoms with Gasteiger partial charge in [0.05, 0.1) is 6.20 Å². The van der Waals surface area contributed by atoms with Gasteiger partial charge in [-0.3, -0.25) is 4.79 Å². The lowest BCUT2D eigenvalue weighted by Crippen LogP contribution is -2.35. The lowest BCUT2D eigenvalue weighted by Gasteiger charge is -2.29. The van der Waals surface area contributed by atoms with Gasteiger partial charge >= 0.3 is 0 Å².